The van der Waals surface area contributed by atoms with E-state index in [4.69, 9.17) is 4.42 Å². The topological polar surface area (TPSA) is 42.2 Å². The van der Waals surface area contributed by atoms with E-state index < -0.39 is 0 Å². The van der Waals surface area contributed by atoms with Gasteiger partial charge in [0.15, 0.2) is 0 Å². The molecule has 28 heavy (non-hydrogen) atoms. The third-order valence-corrected chi connectivity index (χ3v) is 4.91. The monoisotopic (exact) mass is 369 g/mol. The second kappa shape index (κ2) is 8.57. The molecule has 0 spiro atoms. The molecule has 0 atom stereocenters. The number of hydrogen-bond acceptors (Lipinski definition) is 3. The minimum absolute atomic E-state index is 0.233. The predicted molar refractivity (Wildman–Crippen MR) is 115 cm³/mol. The zero-order valence-electron chi connectivity index (χ0n) is 15.7. The van der Waals surface area contributed by atoms with Gasteiger partial charge >= 0.3 is 5.63 Å². The molecule has 0 saturated carbocycles. The highest BCUT2D eigenvalue weighted by molar-refractivity contribution is 5.76. The van der Waals surface area contributed by atoms with Gasteiger partial charge in [-0.25, -0.2) is 4.79 Å². The Morgan fingerprint density at radius 3 is 2.43 bits per heavy atom. The largest absolute Gasteiger partial charge is 0.423 e. The van der Waals surface area contributed by atoms with Crippen LogP contribution in [-0.4, -0.2) is 6.54 Å². The van der Waals surface area contributed by atoms with Crippen LogP contribution in [0.5, 0.6) is 0 Å². The van der Waals surface area contributed by atoms with Crippen LogP contribution >= 0.6 is 0 Å². The molecule has 0 aliphatic rings. The lowest BCUT2D eigenvalue weighted by Gasteiger charge is -2.12. The van der Waals surface area contributed by atoms with Crippen LogP contribution in [0.25, 0.3) is 11.0 Å². The number of nitrogens with one attached hydrogen (secondary N) is 1. The Morgan fingerprint density at radius 1 is 0.786 bits per heavy atom. The molecule has 140 valence electrons. The van der Waals surface area contributed by atoms with Crippen molar-refractivity contribution in [2.45, 2.75) is 19.3 Å². The van der Waals surface area contributed by atoms with Gasteiger partial charge in [0.2, 0.25) is 0 Å². The van der Waals surface area contributed by atoms with Crippen LogP contribution in [0, 0.1) is 0 Å². The van der Waals surface area contributed by atoms with Crippen molar-refractivity contribution >= 4 is 16.7 Å². The molecule has 0 aliphatic heterocycles. The van der Waals surface area contributed by atoms with Crippen molar-refractivity contribution in [2.24, 2.45) is 0 Å². The van der Waals surface area contributed by atoms with E-state index in [1.807, 2.05) is 36.4 Å². The lowest BCUT2D eigenvalue weighted by molar-refractivity contribution is 0.548. The molecule has 1 aromatic heterocycles. The van der Waals surface area contributed by atoms with Crippen LogP contribution in [0.15, 0.2) is 94.1 Å². The molecule has 3 aromatic carbocycles. The van der Waals surface area contributed by atoms with Gasteiger partial charge in [0.25, 0.3) is 0 Å². The van der Waals surface area contributed by atoms with Crippen molar-refractivity contribution in [3.63, 3.8) is 0 Å². The first kappa shape index (κ1) is 18.1. The van der Waals surface area contributed by atoms with E-state index in [-0.39, 0.29) is 5.63 Å². The van der Waals surface area contributed by atoms with Crippen LogP contribution in [0.4, 0.5) is 5.69 Å². The summed E-state index contributed by atoms with van der Waals surface area (Å²) in [5.74, 6) is 0. The van der Waals surface area contributed by atoms with E-state index in [9.17, 15) is 4.79 Å². The molecule has 0 radical (unpaired) electrons. The number of fused-ring (bicyclic) bond motifs is 1. The minimum Gasteiger partial charge on any atom is -0.423 e. The maximum absolute atomic E-state index is 12.2. The first-order valence-electron chi connectivity index (χ1n) is 9.67. The first-order chi connectivity index (χ1) is 13.8. The molecule has 0 unspecified atom stereocenters. The lowest BCUT2D eigenvalue weighted by atomic mass is 10.0. The zero-order valence-corrected chi connectivity index (χ0v) is 15.7. The summed E-state index contributed by atoms with van der Waals surface area (Å²) in [6, 6.07) is 28.5. The molecule has 0 bridgehead atoms. The van der Waals surface area contributed by atoms with Gasteiger partial charge in [-0.2, -0.15) is 0 Å². The smallest absolute Gasteiger partial charge is 0.339 e. The summed E-state index contributed by atoms with van der Waals surface area (Å²) in [6.45, 7) is 0.804. The van der Waals surface area contributed by atoms with Crippen LogP contribution in [0.1, 0.15) is 23.1 Å². The standard InChI is InChI=1S/C25H23NO2/c27-25-22(18-21-12-5-7-15-24(21)28-25)13-8-16-26-23-14-6-4-11-20(23)17-19-9-2-1-3-10-19/h1-7,9-12,14-15,18,26H,8,13,16-17H2. The Balaban J connectivity index is 1.38. The average Bonchev–Trinajstić information content (AvgIpc) is 2.73. The fourth-order valence-corrected chi connectivity index (χ4v) is 3.44. The molecule has 4 aromatic rings. The normalized spacial score (nSPS) is 10.9. The van der Waals surface area contributed by atoms with Gasteiger partial charge in [0.1, 0.15) is 5.58 Å². The third kappa shape index (κ3) is 4.32. The van der Waals surface area contributed by atoms with E-state index in [0.717, 1.165) is 36.0 Å². The summed E-state index contributed by atoms with van der Waals surface area (Å²) in [5, 5.41) is 4.50. The summed E-state index contributed by atoms with van der Waals surface area (Å²) in [6.07, 6.45) is 2.46. The molecular weight excluding hydrogens is 346 g/mol. The minimum atomic E-state index is -0.233. The van der Waals surface area contributed by atoms with Gasteiger partial charge in [-0.05, 0) is 48.6 Å². The molecule has 0 fully saturated rings. The molecule has 0 saturated heterocycles. The number of para-hydroxylation sites is 2. The summed E-state index contributed by atoms with van der Waals surface area (Å²) >= 11 is 0. The third-order valence-electron chi connectivity index (χ3n) is 4.91. The lowest BCUT2D eigenvalue weighted by Crippen LogP contribution is -2.10. The van der Waals surface area contributed by atoms with E-state index >= 15 is 0 Å². The Hall–Kier alpha value is -3.33. The molecule has 0 aliphatic carbocycles. The molecule has 1 N–H and O–H groups in total. The maximum atomic E-state index is 12.2. The average molecular weight is 369 g/mol. The SMILES string of the molecule is O=c1oc2ccccc2cc1CCCNc1ccccc1Cc1ccccc1. The number of hydrogen-bond donors (Lipinski definition) is 1. The van der Waals surface area contributed by atoms with E-state index in [2.05, 4.69) is 53.8 Å². The van der Waals surface area contributed by atoms with Crippen LogP contribution in [0.3, 0.4) is 0 Å². The van der Waals surface area contributed by atoms with E-state index in [0.29, 0.717) is 12.0 Å². The quantitative estimate of drug-likeness (QED) is 0.349. The number of anilines is 1. The highest BCUT2D eigenvalue weighted by Gasteiger charge is 2.06. The molecule has 1 heterocycles. The highest BCUT2D eigenvalue weighted by Crippen LogP contribution is 2.19. The second-order valence-electron chi connectivity index (χ2n) is 6.95. The van der Waals surface area contributed by atoms with Gasteiger partial charge in [0, 0.05) is 23.2 Å². The van der Waals surface area contributed by atoms with Gasteiger partial charge in [-0.1, -0.05) is 66.7 Å². The van der Waals surface area contributed by atoms with Gasteiger partial charge in [0.05, 0.1) is 0 Å². The molecule has 3 nitrogen and oxygen atoms in total. The van der Waals surface area contributed by atoms with Gasteiger partial charge in [-0.15, -0.1) is 0 Å². The van der Waals surface area contributed by atoms with Crippen molar-refractivity contribution in [1.29, 1.82) is 0 Å². The molecular formula is C25H23NO2. The fraction of sp³-hybridized carbons (Fsp3) is 0.160. The molecule has 0 amide bonds. The van der Waals surface area contributed by atoms with Gasteiger partial charge in [-0.3, -0.25) is 0 Å². The Bertz CT molecular complexity index is 1120. The summed E-state index contributed by atoms with van der Waals surface area (Å²) in [5.41, 5.74) is 4.87. The van der Waals surface area contributed by atoms with Crippen LogP contribution in [-0.2, 0) is 12.8 Å². The van der Waals surface area contributed by atoms with E-state index in [1.54, 1.807) is 0 Å². The van der Waals surface area contributed by atoms with Crippen LogP contribution in [0.2, 0.25) is 0 Å². The number of aryl methyl sites for hydroxylation is 1. The van der Waals surface area contributed by atoms with Crippen molar-refractivity contribution in [1.82, 2.24) is 0 Å². The highest BCUT2D eigenvalue weighted by atomic mass is 16.4. The zero-order chi connectivity index (χ0) is 19.2. The molecule has 3 heteroatoms. The maximum Gasteiger partial charge on any atom is 0.339 e. The Labute approximate surface area is 164 Å². The number of rotatable bonds is 7. The van der Waals surface area contributed by atoms with E-state index in [1.165, 1.54) is 11.1 Å². The Kier molecular flexibility index (Phi) is 5.53. The van der Waals surface area contributed by atoms with Crippen LogP contribution < -0.4 is 10.9 Å². The summed E-state index contributed by atoms with van der Waals surface area (Å²) in [4.78, 5) is 12.2. The second-order valence-corrected chi connectivity index (χ2v) is 6.95. The molecule has 4 rings (SSSR count). The van der Waals surface area contributed by atoms with Crippen molar-refractivity contribution in [3.05, 3.63) is 112 Å². The van der Waals surface area contributed by atoms with Crippen molar-refractivity contribution in [2.75, 3.05) is 11.9 Å². The first-order valence-corrected chi connectivity index (χ1v) is 9.67. The summed E-state index contributed by atoms with van der Waals surface area (Å²) < 4.78 is 5.42. The van der Waals surface area contributed by atoms with Crippen molar-refractivity contribution < 1.29 is 4.42 Å². The summed E-state index contributed by atoms with van der Waals surface area (Å²) in [7, 11) is 0. The van der Waals surface area contributed by atoms with Gasteiger partial charge < -0.3 is 9.73 Å². The predicted octanol–water partition coefficient (Wildman–Crippen LogP) is 5.43. The van der Waals surface area contributed by atoms with Crippen molar-refractivity contribution in [3.8, 4) is 0 Å². The Morgan fingerprint density at radius 2 is 1.54 bits per heavy atom. The number of benzene rings is 3. The fourth-order valence-electron chi connectivity index (χ4n) is 3.44.